The molecule has 0 radical (unpaired) electrons. The minimum absolute atomic E-state index is 0.297. The second kappa shape index (κ2) is 5.34. The normalized spacial score (nSPS) is 13.2. The SMILES string of the molecule is CNC(C#N)(Cn1ccnc1C#N)c1ccccc1. The molecule has 0 saturated carbocycles. The van der Waals surface area contributed by atoms with Crippen LogP contribution in [0.5, 0.6) is 0 Å². The molecular weight excluding hydrogens is 238 g/mol. The molecule has 1 aromatic carbocycles. The fraction of sp³-hybridized carbons (Fsp3) is 0.214. The molecule has 94 valence electrons. The Kier molecular flexibility index (Phi) is 3.61. The van der Waals surface area contributed by atoms with Crippen LogP contribution in [0, 0.1) is 22.7 Å². The van der Waals surface area contributed by atoms with Gasteiger partial charge in [-0.1, -0.05) is 30.3 Å². The molecule has 0 spiro atoms. The fourth-order valence-corrected chi connectivity index (χ4v) is 2.00. The Morgan fingerprint density at radius 3 is 2.63 bits per heavy atom. The number of aromatic nitrogens is 2. The first-order valence-corrected chi connectivity index (χ1v) is 5.82. The van der Waals surface area contributed by atoms with E-state index in [2.05, 4.69) is 16.4 Å². The summed E-state index contributed by atoms with van der Waals surface area (Å²) in [6.07, 6.45) is 3.26. The molecule has 0 bridgehead atoms. The number of benzene rings is 1. The summed E-state index contributed by atoms with van der Waals surface area (Å²) in [6.45, 7) is 0.326. The Morgan fingerprint density at radius 1 is 1.32 bits per heavy atom. The first-order chi connectivity index (χ1) is 9.25. The molecule has 1 aromatic heterocycles. The highest BCUT2D eigenvalue weighted by Crippen LogP contribution is 2.22. The van der Waals surface area contributed by atoms with E-state index < -0.39 is 5.54 Å². The maximum atomic E-state index is 9.56. The Balaban J connectivity index is 2.43. The van der Waals surface area contributed by atoms with Crippen LogP contribution in [0.2, 0.25) is 0 Å². The maximum Gasteiger partial charge on any atom is 0.212 e. The van der Waals surface area contributed by atoms with E-state index in [0.29, 0.717) is 12.4 Å². The van der Waals surface area contributed by atoms with Gasteiger partial charge in [0.1, 0.15) is 11.6 Å². The van der Waals surface area contributed by atoms with E-state index in [4.69, 9.17) is 5.26 Å². The molecule has 0 saturated heterocycles. The van der Waals surface area contributed by atoms with Gasteiger partial charge >= 0.3 is 0 Å². The number of hydrogen-bond donors (Lipinski definition) is 1. The van der Waals surface area contributed by atoms with E-state index in [1.807, 2.05) is 36.4 Å². The molecule has 1 atom stereocenters. The van der Waals surface area contributed by atoms with E-state index in [1.165, 1.54) is 0 Å². The van der Waals surface area contributed by atoms with Crippen LogP contribution in [-0.2, 0) is 12.1 Å². The maximum absolute atomic E-state index is 9.56. The number of hydrogen-bond acceptors (Lipinski definition) is 4. The van der Waals surface area contributed by atoms with Crippen LogP contribution < -0.4 is 5.32 Å². The van der Waals surface area contributed by atoms with Crippen molar-refractivity contribution in [2.24, 2.45) is 0 Å². The monoisotopic (exact) mass is 251 g/mol. The first-order valence-electron chi connectivity index (χ1n) is 5.82. The van der Waals surface area contributed by atoms with Crippen LogP contribution >= 0.6 is 0 Å². The summed E-state index contributed by atoms with van der Waals surface area (Å²) in [5.41, 5.74) is -0.0225. The zero-order chi connectivity index (χ0) is 13.7. The molecule has 0 fully saturated rings. The highest BCUT2D eigenvalue weighted by molar-refractivity contribution is 5.31. The Morgan fingerprint density at radius 2 is 2.05 bits per heavy atom. The van der Waals surface area contributed by atoms with Crippen LogP contribution in [0.4, 0.5) is 0 Å². The van der Waals surface area contributed by atoms with Gasteiger partial charge in [-0.05, 0) is 12.6 Å². The van der Waals surface area contributed by atoms with Crippen molar-refractivity contribution < 1.29 is 0 Å². The molecule has 5 nitrogen and oxygen atoms in total. The summed E-state index contributed by atoms with van der Waals surface area (Å²) in [6, 6.07) is 13.8. The predicted molar refractivity (Wildman–Crippen MR) is 69.7 cm³/mol. The van der Waals surface area contributed by atoms with Gasteiger partial charge < -0.3 is 4.57 Å². The minimum atomic E-state index is -0.881. The van der Waals surface area contributed by atoms with Gasteiger partial charge in [-0.15, -0.1) is 0 Å². The molecule has 1 heterocycles. The number of likely N-dealkylation sites (N-methyl/N-ethyl adjacent to an activating group) is 1. The van der Waals surface area contributed by atoms with Crippen LogP contribution in [-0.4, -0.2) is 16.6 Å². The molecular formula is C14H13N5. The van der Waals surface area contributed by atoms with Crippen molar-refractivity contribution in [3.8, 4) is 12.1 Å². The number of nitrogens with one attached hydrogen (secondary N) is 1. The lowest BCUT2D eigenvalue weighted by molar-refractivity contribution is 0.395. The van der Waals surface area contributed by atoms with Gasteiger partial charge in [0, 0.05) is 12.4 Å². The van der Waals surface area contributed by atoms with E-state index in [-0.39, 0.29) is 0 Å². The average molecular weight is 251 g/mol. The smallest absolute Gasteiger partial charge is 0.212 e. The van der Waals surface area contributed by atoms with Gasteiger partial charge in [0.05, 0.1) is 12.6 Å². The Labute approximate surface area is 111 Å². The first kappa shape index (κ1) is 12.8. The van der Waals surface area contributed by atoms with Gasteiger partial charge in [0.25, 0.3) is 0 Å². The van der Waals surface area contributed by atoms with Gasteiger partial charge in [-0.2, -0.15) is 10.5 Å². The second-order valence-corrected chi connectivity index (χ2v) is 4.12. The highest BCUT2D eigenvalue weighted by atomic mass is 15.1. The summed E-state index contributed by atoms with van der Waals surface area (Å²) in [5, 5.41) is 21.6. The lowest BCUT2D eigenvalue weighted by Crippen LogP contribution is -2.42. The van der Waals surface area contributed by atoms with Crippen molar-refractivity contribution in [2.75, 3.05) is 7.05 Å². The molecule has 19 heavy (non-hydrogen) atoms. The lowest BCUT2D eigenvalue weighted by atomic mass is 9.91. The van der Waals surface area contributed by atoms with Crippen molar-refractivity contribution in [1.29, 1.82) is 10.5 Å². The molecule has 2 rings (SSSR count). The topological polar surface area (TPSA) is 77.4 Å². The summed E-state index contributed by atoms with van der Waals surface area (Å²) < 4.78 is 1.67. The van der Waals surface area contributed by atoms with Crippen molar-refractivity contribution in [2.45, 2.75) is 12.1 Å². The van der Waals surface area contributed by atoms with Crippen LogP contribution in [0.1, 0.15) is 11.4 Å². The molecule has 0 aliphatic rings. The summed E-state index contributed by atoms with van der Waals surface area (Å²) >= 11 is 0. The van der Waals surface area contributed by atoms with Gasteiger partial charge in [0.2, 0.25) is 5.82 Å². The standard InChI is InChI=1S/C14H13N5/c1-17-14(10-16,12-5-3-2-4-6-12)11-19-8-7-18-13(19)9-15/h2-8,17H,11H2,1H3. The van der Waals surface area contributed by atoms with Crippen LogP contribution in [0.25, 0.3) is 0 Å². The quantitative estimate of drug-likeness (QED) is 0.890. The molecule has 0 aliphatic carbocycles. The number of rotatable bonds is 4. The Bertz CT molecular complexity index is 632. The van der Waals surface area contributed by atoms with Crippen molar-refractivity contribution >= 4 is 0 Å². The summed E-state index contributed by atoms with van der Waals surface area (Å²) in [4.78, 5) is 3.95. The molecule has 2 aromatic rings. The van der Waals surface area contributed by atoms with Gasteiger partial charge in [0.15, 0.2) is 0 Å². The van der Waals surface area contributed by atoms with E-state index in [9.17, 15) is 5.26 Å². The largest absolute Gasteiger partial charge is 0.319 e. The lowest BCUT2D eigenvalue weighted by Gasteiger charge is -2.27. The molecule has 5 heteroatoms. The Hall–Kier alpha value is -2.63. The van der Waals surface area contributed by atoms with Crippen molar-refractivity contribution in [3.63, 3.8) is 0 Å². The van der Waals surface area contributed by atoms with Crippen LogP contribution in [0.3, 0.4) is 0 Å². The average Bonchev–Trinajstić information content (AvgIpc) is 2.93. The van der Waals surface area contributed by atoms with Gasteiger partial charge in [-0.25, -0.2) is 4.98 Å². The zero-order valence-electron chi connectivity index (χ0n) is 10.5. The van der Waals surface area contributed by atoms with Crippen LogP contribution in [0.15, 0.2) is 42.7 Å². The van der Waals surface area contributed by atoms with Crippen molar-refractivity contribution in [1.82, 2.24) is 14.9 Å². The molecule has 0 aliphatic heterocycles. The number of imidazole rings is 1. The summed E-state index contributed by atoms with van der Waals surface area (Å²) in [7, 11) is 1.74. The third kappa shape index (κ3) is 2.33. The molecule has 1 unspecified atom stereocenters. The zero-order valence-corrected chi connectivity index (χ0v) is 10.5. The van der Waals surface area contributed by atoms with Crippen molar-refractivity contribution in [3.05, 3.63) is 54.1 Å². The molecule has 1 N–H and O–H groups in total. The third-order valence-corrected chi connectivity index (χ3v) is 3.11. The number of nitriles is 2. The van der Waals surface area contributed by atoms with Gasteiger partial charge in [-0.3, -0.25) is 5.32 Å². The third-order valence-electron chi connectivity index (χ3n) is 3.11. The minimum Gasteiger partial charge on any atom is -0.319 e. The van der Waals surface area contributed by atoms with E-state index >= 15 is 0 Å². The highest BCUT2D eigenvalue weighted by Gasteiger charge is 2.31. The molecule has 0 amide bonds. The predicted octanol–water partition coefficient (Wildman–Crippen LogP) is 1.39. The summed E-state index contributed by atoms with van der Waals surface area (Å²) in [5.74, 6) is 0.297. The fourth-order valence-electron chi connectivity index (χ4n) is 2.00. The van der Waals surface area contributed by atoms with E-state index in [1.54, 1.807) is 24.0 Å². The van der Waals surface area contributed by atoms with E-state index in [0.717, 1.165) is 5.56 Å². The second-order valence-electron chi connectivity index (χ2n) is 4.12. The number of nitrogens with zero attached hydrogens (tertiary/aromatic N) is 4.